The van der Waals surface area contributed by atoms with Crippen molar-refractivity contribution in [3.8, 4) is 33.4 Å². The third kappa shape index (κ3) is 4.31. The van der Waals surface area contributed by atoms with Crippen LogP contribution in [0.3, 0.4) is 0 Å². The minimum atomic E-state index is -0.531. The number of hydrogen-bond donors (Lipinski definition) is 0. The van der Waals surface area contributed by atoms with Crippen LogP contribution in [-0.2, 0) is 5.41 Å². The van der Waals surface area contributed by atoms with Gasteiger partial charge in [-0.1, -0.05) is 158 Å². The Morgan fingerprint density at radius 2 is 0.897 bits per heavy atom. The Morgan fingerprint density at radius 1 is 0.293 bits per heavy atom. The first-order valence-electron chi connectivity index (χ1n) is 20.2. The second-order valence-corrected chi connectivity index (χ2v) is 16.0. The van der Waals surface area contributed by atoms with Crippen molar-refractivity contribution in [1.29, 1.82) is 0 Å². The summed E-state index contributed by atoms with van der Waals surface area (Å²) in [6.45, 7) is 0. The van der Waals surface area contributed by atoms with Gasteiger partial charge < -0.3 is 4.42 Å². The van der Waals surface area contributed by atoms with Crippen LogP contribution in [0.15, 0.2) is 211 Å². The zero-order chi connectivity index (χ0) is 38.0. The van der Waals surface area contributed by atoms with Crippen LogP contribution in [0.25, 0.3) is 98.4 Å². The molecule has 0 spiro atoms. The maximum atomic E-state index is 6.38. The van der Waals surface area contributed by atoms with Gasteiger partial charge in [0.1, 0.15) is 11.2 Å². The van der Waals surface area contributed by atoms with Crippen molar-refractivity contribution >= 4 is 65.0 Å². The lowest BCUT2D eigenvalue weighted by molar-refractivity contribution is 0.669. The monoisotopic (exact) mass is 734 g/mol. The quantitative estimate of drug-likeness (QED) is 0.164. The Balaban J connectivity index is 1.07. The van der Waals surface area contributed by atoms with E-state index < -0.39 is 5.41 Å². The van der Waals surface area contributed by atoms with Gasteiger partial charge in [-0.3, -0.25) is 0 Å². The number of benzene rings is 11. The third-order valence-electron chi connectivity index (χ3n) is 13.0. The predicted octanol–water partition coefficient (Wildman–Crippen LogP) is 15.3. The Hall–Kier alpha value is -7.48. The number of hydrogen-bond acceptors (Lipinski definition) is 1. The Labute approximate surface area is 335 Å². The van der Waals surface area contributed by atoms with E-state index in [1.807, 2.05) is 6.07 Å². The summed E-state index contributed by atoms with van der Waals surface area (Å²) in [4.78, 5) is 0. The summed E-state index contributed by atoms with van der Waals surface area (Å²) in [5.74, 6) is 0. The second kappa shape index (κ2) is 11.8. The first kappa shape index (κ1) is 31.7. The third-order valence-corrected chi connectivity index (χ3v) is 13.0. The van der Waals surface area contributed by atoms with Gasteiger partial charge in [0.15, 0.2) is 0 Å². The van der Waals surface area contributed by atoms with Crippen molar-refractivity contribution in [2.45, 2.75) is 5.41 Å². The van der Waals surface area contributed by atoms with E-state index in [9.17, 15) is 0 Å². The zero-order valence-electron chi connectivity index (χ0n) is 31.5. The summed E-state index contributed by atoms with van der Waals surface area (Å²) >= 11 is 0. The van der Waals surface area contributed by atoms with Crippen molar-refractivity contribution in [3.05, 3.63) is 229 Å². The van der Waals surface area contributed by atoms with E-state index in [1.165, 1.54) is 93.2 Å². The van der Waals surface area contributed by atoms with E-state index in [-0.39, 0.29) is 0 Å². The summed E-state index contributed by atoms with van der Waals surface area (Å²) in [6.07, 6.45) is 0. The first-order valence-corrected chi connectivity index (χ1v) is 20.2. The molecule has 1 aromatic heterocycles. The fraction of sp³-hybridized carbons (Fsp3) is 0.0175. The average molecular weight is 735 g/mol. The SMILES string of the molecule is c1ccc(C2(c3ccccc3)c3cc(-c4cc5ccc6cccc7ccc(c4)c5c67)ccc3-c3cc4c(-c5ccc6c(c5)oc5ccccc56)cccc4cc32)cc1. The topological polar surface area (TPSA) is 13.1 Å². The number of furan rings is 1. The molecule has 0 amide bonds. The van der Waals surface area contributed by atoms with Crippen LogP contribution in [0.5, 0.6) is 0 Å². The molecule has 1 aliphatic carbocycles. The van der Waals surface area contributed by atoms with Gasteiger partial charge in [0, 0.05) is 10.8 Å². The van der Waals surface area contributed by atoms with Gasteiger partial charge in [-0.25, -0.2) is 0 Å². The molecule has 0 saturated carbocycles. The molecule has 12 aromatic rings. The standard InChI is InChI=1S/C57H34O/c1-3-14-43(15-4-1)57(44-16-5-2-6-17-44)51-31-37(42-29-40-23-21-35-11-9-12-36-22-24-41(30-42)56(40)55(35)36)25-27-46(51)50-34-49-38(32-52(50)57)13-10-19-45(49)39-26-28-48-47-18-7-8-20-53(47)58-54(48)33-39/h1-34H. The minimum Gasteiger partial charge on any atom is -0.456 e. The van der Waals surface area contributed by atoms with Gasteiger partial charge in [-0.05, 0) is 147 Å². The molecule has 58 heavy (non-hydrogen) atoms. The van der Waals surface area contributed by atoms with Gasteiger partial charge in [0.25, 0.3) is 0 Å². The fourth-order valence-corrected chi connectivity index (χ4v) is 10.5. The molecule has 0 atom stereocenters. The molecular formula is C57H34O. The molecule has 0 unspecified atom stereocenters. The largest absolute Gasteiger partial charge is 0.456 e. The molecule has 11 aromatic carbocycles. The maximum absolute atomic E-state index is 6.38. The molecule has 1 nitrogen and oxygen atoms in total. The Kier molecular flexibility index (Phi) is 6.43. The number of rotatable bonds is 4. The normalized spacial score (nSPS) is 13.3. The molecule has 13 rings (SSSR count). The van der Waals surface area contributed by atoms with Gasteiger partial charge in [0.05, 0.1) is 5.41 Å². The van der Waals surface area contributed by atoms with E-state index in [0.717, 1.165) is 27.5 Å². The maximum Gasteiger partial charge on any atom is 0.136 e. The molecule has 0 N–H and O–H groups in total. The summed E-state index contributed by atoms with van der Waals surface area (Å²) < 4.78 is 6.38. The molecular weight excluding hydrogens is 701 g/mol. The van der Waals surface area contributed by atoms with Gasteiger partial charge in [-0.15, -0.1) is 0 Å². The highest BCUT2D eigenvalue weighted by Gasteiger charge is 2.46. The van der Waals surface area contributed by atoms with E-state index in [4.69, 9.17) is 4.42 Å². The van der Waals surface area contributed by atoms with E-state index in [1.54, 1.807) is 0 Å². The average Bonchev–Trinajstić information content (AvgIpc) is 3.80. The van der Waals surface area contributed by atoms with Gasteiger partial charge in [0.2, 0.25) is 0 Å². The predicted molar refractivity (Wildman–Crippen MR) is 243 cm³/mol. The van der Waals surface area contributed by atoms with Crippen LogP contribution in [0.4, 0.5) is 0 Å². The fourth-order valence-electron chi connectivity index (χ4n) is 10.5. The summed E-state index contributed by atoms with van der Waals surface area (Å²) in [5, 5.41) is 12.6. The molecule has 0 saturated heterocycles. The van der Waals surface area contributed by atoms with Crippen LogP contribution in [-0.4, -0.2) is 0 Å². The smallest absolute Gasteiger partial charge is 0.136 e. The number of fused-ring (bicyclic) bond motifs is 7. The Morgan fingerprint density at radius 3 is 1.66 bits per heavy atom. The summed E-state index contributed by atoms with van der Waals surface area (Å²) in [5.41, 5.74) is 13.8. The summed E-state index contributed by atoms with van der Waals surface area (Å²) in [7, 11) is 0. The number of para-hydroxylation sites is 1. The van der Waals surface area contributed by atoms with Crippen LogP contribution in [0.1, 0.15) is 22.3 Å². The zero-order valence-corrected chi connectivity index (χ0v) is 31.5. The highest BCUT2D eigenvalue weighted by Crippen LogP contribution is 2.58. The molecule has 1 heteroatoms. The van der Waals surface area contributed by atoms with Crippen molar-refractivity contribution < 1.29 is 4.42 Å². The first-order chi connectivity index (χ1) is 28.7. The van der Waals surface area contributed by atoms with Crippen LogP contribution < -0.4 is 0 Å². The Bertz CT molecular complexity index is 3510. The lowest BCUT2D eigenvalue weighted by atomic mass is 9.67. The lowest BCUT2D eigenvalue weighted by Gasteiger charge is -2.34. The highest BCUT2D eigenvalue weighted by molar-refractivity contribution is 6.23. The van der Waals surface area contributed by atoms with Crippen LogP contribution in [0, 0.1) is 0 Å². The second-order valence-electron chi connectivity index (χ2n) is 16.0. The van der Waals surface area contributed by atoms with E-state index >= 15 is 0 Å². The lowest BCUT2D eigenvalue weighted by Crippen LogP contribution is -2.28. The van der Waals surface area contributed by atoms with E-state index in [2.05, 4.69) is 200 Å². The van der Waals surface area contributed by atoms with Crippen molar-refractivity contribution in [2.75, 3.05) is 0 Å². The highest BCUT2D eigenvalue weighted by atomic mass is 16.3. The molecule has 0 fully saturated rings. The molecule has 1 aliphatic rings. The summed E-state index contributed by atoms with van der Waals surface area (Å²) in [6, 6.07) is 76.7. The van der Waals surface area contributed by atoms with Gasteiger partial charge >= 0.3 is 0 Å². The molecule has 0 radical (unpaired) electrons. The van der Waals surface area contributed by atoms with Crippen LogP contribution in [0.2, 0.25) is 0 Å². The van der Waals surface area contributed by atoms with E-state index in [0.29, 0.717) is 0 Å². The molecule has 1 heterocycles. The minimum absolute atomic E-state index is 0.531. The van der Waals surface area contributed by atoms with Crippen LogP contribution >= 0.6 is 0 Å². The molecule has 0 bridgehead atoms. The van der Waals surface area contributed by atoms with Gasteiger partial charge in [-0.2, -0.15) is 0 Å². The molecule has 268 valence electrons. The van der Waals surface area contributed by atoms with Crippen molar-refractivity contribution in [1.82, 2.24) is 0 Å². The van der Waals surface area contributed by atoms with Crippen molar-refractivity contribution in [3.63, 3.8) is 0 Å². The van der Waals surface area contributed by atoms with Crippen molar-refractivity contribution in [2.24, 2.45) is 0 Å². The molecule has 0 aliphatic heterocycles.